The molecule has 0 amide bonds. The van der Waals surface area contributed by atoms with Crippen molar-refractivity contribution in [1.82, 2.24) is 9.97 Å². The van der Waals surface area contributed by atoms with Crippen molar-refractivity contribution in [1.29, 1.82) is 0 Å². The summed E-state index contributed by atoms with van der Waals surface area (Å²) in [5.74, 6) is 6.04. The van der Waals surface area contributed by atoms with Gasteiger partial charge in [-0.3, -0.25) is 0 Å². The van der Waals surface area contributed by atoms with Crippen molar-refractivity contribution in [2.45, 2.75) is 19.4 Å². The Labute approximate surface area is 199 Å². The summed E-state index contributed by atoms with van der Waals surface area (Å²) in [7, 11) is 0. The monoisotopic (exact) mass is 480 g/mol. The molecule has 4 aromatic rings. The molecule has 3 aromatic carbocycles. The van der Waals surface area contributed by atoms with Crippen molar-refractivity contribution in [3.05, 3.63) is 93.1 Å². The third-order valence-electron chi connectivity index (χ3n) is 5.36. The first-order valence-corrected chi connectivity index (χ1v) is 10.8. The van der Waals surface area contributed by atoms with E-state index in [1.54, 1.807) is 18.2 Å². The minimum atomic E-state index is -0.772. The van der Waals surface area contributed by atoms with Crippen LogP contribution in [0.1, 0.15) is 30.7 Å². The van der Waals surface area contributed by atoms with Gasteiger partial charge in [-0.05, 0) is 62.4 Å². The van der Waals surface area contributed by atoms with Gasteiger partial charge in [-0.1, -0.05) is 41.1 Å². The number of fused-ring (bicyclic) bond motifs is 3. The highest BCUT2D eigenvalue weighted by Gasteiger charge is 2.37. The molecule has 1 aromatic heterocycles. The lowest BCUT2D eigenvalue weighted by atomic mass is 9.94. The third kappa shape index (κ3) is 3.86. The lowest BCUT2D eigenvalue weighted by Crippen LogP contribution is -2.29. The highest BCUT2D eigenvalue weighted by molar-refractivity contribution is 6.33. The van der Waals surface area contributed by atoms with Crippen LogP contribution in [0, 0.1) is 23.5 Å². The molecule has 1 N–H and O–H groups in total. The molecular weight excluding hydrogens is 465 g/mol. The third-order valence-corrected chi connectivity index (χ3v) is 5.97. The average molecular weight is 481 g/mol. The van der Waals surface area contributed by atoms with Crippen molar-refractivity contribution in [2.24, 2.45) is 0 Å². The minimum absolute atomic E-state index is 0.0230. The number of hydrogen-bond acceptors (Lipinski definition) is 2. The zero-order valence-corrected chi connectivity index (χ0v) is 19.1. The van der Waals surface area contributed by atoms with Gasteiger partial charge in [-0.2, -0.15) is 0 Å². The zero-order chi connectivity index (χ0) is 23.3. The average Bonchev–Trinajstić information content (AvgIpc) is 3.20. The number of halogens is 4. The first kappa shape index (κ1) is 21.5. The summed E-state index contributed by atoms with van der Waals surface area (Å²) in [6, 6.07) is 14.4. The maximum atomic E-state index is 14.5. The van der Waals surface area contributed by atoms with Gasteiger partial charge in [0.25, 0.3) is 0 Å². The van der Waals surface area contributed by atoms with E-state index in [-0.39, 0.29) is 15.6 Å². The van der Waals surface area contributed by atoms with Gasteiger partial charge in [0, 0.05) is 16.7 Å². The Bertz CT molecular complexity index is 1460. The fourth-order valence-corrected chi connectivity index (χ4v) is 4.21. The largest absolute Gasteiger partial charge is 0.481 e. The van der Waals surface area contributed by atoms with Crippen LogP contribution in [0.25, 0.3) is 22.6 Å². The first-order chi connectivity index (χ1) is 15.7. The van der Waals surface area contributed by atoms with Crippen LogP contribution in [-0.2, 0) is 5.60 Å². The Hall–Kier alpha value is -3.33. The number of imidazole rings is 1. The van der Waals surface area contributed by atoms with Crippen LogP contribution in [0.15, 0.2) is 54.6 Å². The summed E-state index contributed by atoms with van der Waals surface area (Å²) < 4.78 is 34.1. The lowest BCUT2D eigenvalue weighted by Gasteiger charge is -2.31. The number of aromatic nitrogens is 2. The molecule has 0 atom stereocenters. The van der Waals surface area contributed by atoms with Crippen molar-refractivity contribution >= 4 is 23.2 Å². The van der Waals surface area contributed by atoms with Gasteiger partial charge in [0.15, 0.2) is 0 Å². The maximum Gasteiger partial charge on any atom is 0.147 e. The Balaban J connectivity index is 1.57. The predicted molar refractivity (Wildman–Crippen MR) is 125 cm³/mol. The molecule has 3 nitrogen and oxygen atoms in total. The van der Waals surface area contributed by atoms with Crippen molar-refractivity contribution in [3.63, 3.8) is 0 Å². The number of nitrogens with one attached hydrogen (secondary N) is 1. The molecule has 0 bridgehead atoms. The van der Waals surface area contributed by atoms with E-state index in [4.69, 9.17) is 27.9 Å². The Morgan fingerprint density at radius 2 is 1.64 bits per heavy atom. The lowest BCUT2D eigenvalue weighted by molar-refractivity contribution is 0.101. The van der Waals surface area contributed by atoms with Gasteiger partial charge in [-0.15, -0.1) is 0 Å². The van der Waals surface area contributed by atoms with Crippen LogP contribution in [0.2, 0.25) is 10.0 Å². The van der Waals surface area contributed by atoms with E-state index in [9.17, 15) is 8.78 Å². The number of hydrogen-bond donors (Lipinski definition) is 1. The molecule has 1 aliphatic rings. The molecule has 0 radical (unpaired) electrons. The Morgan fingerprint density at radius 1 is 0.909 bits per heavy atom. The van der Waals surface area contributed by atoms with Crippen LogP contribution < -0.4 is 4.74 Å². The summed E-state index contributed by atoms with van der Waals surface area (Å²) >= 11 is 12.1. The molecule has 0 aliphatic carbocycles. The number of nitrogens with zero attached hydrogens (tertiary/aromatic N) is 1. The number of H-pyrrole nitrogens is 1. The second-order valence-corrected chi connectivity index (χ2v) is 8.92. The zero-order valence-electron chi connectivity index (χ0n) is 17.6. The second-order valence-electron chi connectivity index (χ2n) is 8.11. The fourth-order valence-electron chi connectivity index (χ4n) is 3.78. The molecule has 2 heterocycles. The normalized spacial score (nSPS) is 13.4. The van der Waals surface area contributed by atoms with E-state index >= 15 is 0 Å². The molecule has 5 rings (SSSR count). The van der Waals surface area contributed by atoms with E-state index in [2.05, 4.69) is 21.8 Å². The number of ether oxygens (including phenoxy) is 1. The molecule has 0 fully saturated rings. The molecule has 0 saturated heterocycles. The van der Waals surface area contributed by atoms with Crippen molar-refractivity contribution in [2.75, 3.05) is 0 Å². The van der Waals surface area contributed by atoms with E-state index in [0.29, 0.717) is 28.4 Å². The molecule has 7 heteroatoms. The number of aromatic amines is 1. The van der Waals surface area contributed by atoms with Crippen LogP contribution in [0.3, 0.4) is 0 Å². The molecule has 0 unspecified atom stereocenters. The van der Waals surface area contributed by atoms with Crippen LogP contribution >= 0.6 is 23.2 Å². The standard InChI is InChI=1S/C26H16Cl2F2N2O/c1-26(2)24-23(31-25(32-24)22-17(27)4-3-5-20(22)30)16-10-8-15(13-21(16)33-26)7-6-14-9-11-19(29)18(28)12-14/h3-5,8-13H,1-2H3,(H,31,32). The Morgan fingerprint density at radius 3 is 2.36 bits per heavy atom. The van der Waals surface area contributed by atoms with E-state index in [1.165, 1.54) is 18.2 Å². The summed E-state index contributed by atoms with van der Waals surface area (Å²) in [6.45, 7) is 3.78. The number of rotatable bonds is 1. The van der Waals surface area contributed by atoms with Crippen LogP contribution in [0.4, 0.5) is 8.78 Å². The van der Waals surface area contributed by atoms with Crippen LogP contribution in [-0.4, -0.2) is 9.97 Å². The van der Waals surface area contributed by atoms with Gasteiger partial charge >= 0.3 is 0 Å². The number of benzene rings is 3. The molecule has 0 saturated carbocycles. The molecule has 1 aliphatic heterocycles. The minimum Gasteiger partial charge on any atom is -0.481 e. The summed E-state index contributed by atoms with van der Waals surface area (Å²) in [5, 5.41) is 0.293. The molecular formula is C26H16Cl2F2N2O. The van der Waals surface area contributed by atoms with Gasteiger partial charge in [0.2, 0.25) is 0 Å². The van der Waals surface area contributed by atoms with Gasteiger partial charge < -0.3 is 9.72 Å². The van der Waals surface area contributed by atoms with Gasteiger partial charge in [0.1, 0.15) is 34.5 Å². The molecule has 33 heavy (non-hydrogen) atoms. The molecule has 0 spiro atoms. The highest BCUT2D eigenvalue weighted by atomic mass is 35.5. The van der Waals surface area contributed by atoms with Crippen LogP contribution in [0.5, 0.6) is 5.75 Å². The SMILES string of the molecule is CC1(C)Oc2cc(C#Cc3ccc(F)c(Cl)c3)ccc2-c2[nH]c(-c3c(F)cccc3Cl)nc21. The van der Waals surface area contributed by atoms with E-state index in [1.807, 2.05) is 32.0 Å². The summed E-state index contributed by atoms with van der Waals surface area (Å²) in [6.07, 6.45) is 0. The van der Waals surface area contributed by atoms with Crippen molar-refractivity contribution in [3.8, 4) is 40.2 Å². The van der Waals surface area contributed by atoms with Gasteiger partial charge in [-0.25, -0.2) is 13.8 Å². The fraction of sp³-hybridized carbons (Fsp3) is 0.115. The topological polar surface area (TPSA) is 37.9 Å². The molecule has 164 valence electrons. The smallest absolute Gasteiger partial charge is 0.147 e. The summed E-state index contributed by atoms with van der Waals surface area (Å²) in [5.41, 5.74) is 2.93. The Kier molecular flexibility index (Phi) is 5.16. The highest BCUT2D eigenvalue weighted by Crippen LogP contribution is 2.45. The van der Waals surface area contributed by atoms with Gasteiger partial charge in [0.05, 0.1) is 21.3 Å². The second kappa shape index (κ2) is 7.91. The van der Waals surface area contributed by atoms with E-state index in [0.717, 1.165) is 11.3 Å². The van der Waals surface area contributed by atoms with Crippen molar-refractivity contribution < 1.29 is 13.5 Å². The quantitative estimate of drug-likeness (QED) is 0.289. The first-order valence-electron chi connectivity index (χ1n) is 10.1. The summed E-state index contributed by atoms with van der Waals surface area (Å²) in [4.78, 5) is 7.86. The van der Waals surface area contributed by atoms with E-state index < -0.39 is 17.2 Å². The predicted octanol–water partition coefficient (Wildman–Crippen LogP) is 7.36. The maximum absolute atomic E-state index is 14.5.